The minimum atomic E-state index is -4.42. The highest BCUT2D eigenvalue weighted by Gasteiger charge is 2.36. The standard InChI is InChI=1S/C17H24ClF3N2/c1-3-5-12(2)16(23-10-8-22-9-11-23)13-6-4-7-14(15(13)18)17(19,20)21/h4,6-7,12,16,22H,3,5,8-11H2,1-2H3/t12?,16-/m0/s1. The highest BCUT2D eigenvalue weighted by molar-refractivity contribution is 6.32. The summed E-state index contributed by atoms with van der Waals surface area (Å²) < 4.78 is 39.5. The summed E-state index contributed by atoms with van der Waals surface area (Å²) in [7, 11) is 0. The molecule has 6 heteroatoms. The number of rotatable bonds is 5. The van der Waals surface area contributed by atoms with E-state index >= 15 is 0 Å². The number of nitrogens with one attached hydrogen (secondary N) is 1. The van der Waals surface area contributed by atoms with Crippen molar-refractivity contribution in [2.75, 3.05) is 26.2 Å². The van der Waals surface area contributed by atoms with E-state index in [0.29, 0.717) is 5.56 Å². The molecule has 1 aromatic carbocycles. The van der Waals surface area contributed by atoms with E-state index in [1.165, 1.54) is 6.07 Å². The molecule has 0 spiro atoms. The van der Waals surface area contributed by atoms with Crippen LogP contribution in [-0.2, 0) is 6.18 Å². The van der Waals surface area contributed by atoms with Crippen LogP contribution in [0.1, 0.15) is 43.9 Å². The van der Waals surface area contributed by atoms with Gasteiger partial charge in [0, 0.05) is 32.2 Å². The lowest BCUT2D eigenvalue weighted by molar-refractivity contribution is -0.137. The van der Waals surface area contributed by atoms with Gasteiger partial charge in [0.25, 0.3) is 0 Å². The first-order chi connectivity index (χ1) is 10.9. The monoisotopic (exact) mass is 348 g/mol. The first-order valence-electron chi connectivity index (χ1n) is 8.16. The van der Waals surface area contributed by atoms with Crippen molar-refractivity contribution in [2.45, 2.75) is 38.9 Å². The summed E-state index contributed by atoms with van der Waals surface area (Å²) in [6.45, 7) is 7.56. The number of halogens is 4. The van der Waals surface area contributed by atoms with E-state index in [2.05, 4.69) is 24.1 Å². The zero-order chi connectivity index (χ0) is 17.0. The highest BCUT2D eigenvalue weighted by atomic mass is 35.5. The number of nitrogens with zero attached hydrogens (tertiary/aromatic N) is 1. The second-order valence-corrected chi connectivity index (χ2v) is 6.58. The first kappa shape index (κ1) is 18.6. The van der Waals surface area contributed by atoms with Crippen molar-refractivity contribution in [2.24, 2.45) is 5.92 Å². The molecule has 1 fully saturated rings. The van der Waals surface area contributed by atoms with Crippen LogP contribution in [0.5, 0.6) is 0 Å². The van der Waals surface area contributed by atoms with Crippen LogP contribution in [-0.4, -0.2) is 31.1 Å². The number of alkyl halides is 3. The summed E-state index contributed by atoms with van der Waals surface area (Å²) in [5.41, 5.74) is -0.134. The van der Waals surface area contributed by atoms with Crippen LogP contribution in [0, 0.1) is 5.92 Å². The van der Waals surface area contributed by atoms with Gasteiger partial charge in [0.1, 0.15) is 0 Å². The minimum Gasteiger partial charge on any atom is -0.314 e. The third-order valence-corrected chi connectivity index (χ3v) is 4.90. The van der Waals surface area contributed by atoms with E-state index in [9.17, 15) is 13.2 Å². The molecule has 1 unspecified atom stereocenters. The van der Waals surface area contributed by atoms with Crippen LogP contribution in [0.2, 0.25) is 5.02 Å². The third-order valence-electron chi connectivity index (χ3n) is 4.48. The molecule has 1 aliphatic rings. The number of benzene rings is 1. The van der Waals surface area contributed by atoms with Gasteiger partial charge in [-0.25, -0.2) is 0 Å². The fourth-order valence-electron chi connectivity index (χ4n) is 3.43. The van der Waals surface area contributed by atoms with Gasteiger partial charge in [-0.3, -0.25) is 4.90 Å². The maximum atomic E-state index is 13.2. The molecule has 1 aromatic rings. The van der Waals surface area contributed by atoms with Crippen LogP contribution in [0.15, 0.2) is 18.2 Å². The molecule has 0 bridgehead atoms. The third kappa shape index (κ3) is 4.40. The summed E-state index contributed by atoms with van der Waals surface area (Å²) in [4.78, 5) is 2.26. The van der Waals surface area contributed by atoms with Gasteiger partial charge in [0.15, 0.2) is 0 Å². The van der Waals surface area contributed by atoms with Gasteiger partial charge in [0.2, 0.25) is 0 Å². The smallest absolute Gasteiger partial charge is 0.314 e. The molecule has 2 atom stereocenters. The average molecular weight is 349 g/mol. The fourth-order valence-corrected chi connectivity index (χ4v) is 3.78. The Kier molecular flexibility index (Phi) is 6.34. The maximum Gasteiger partial charge on any atom is 0.417 e. The van der Waals surface area contributed by atoms with E-state index < -0.39 is 11.7 Å². The lowest BCUT2D eigenvalue weighted by Gasteiger charge is -2.39. The van der Waals surface area contributed by atoms with Gasteiger partial charge in [-0.15, -0.1) is 0 Å². The van der Waals surface area contributed by atoms with Gasteiger partial charge < -0.3 is 5.32 Å². The van der Waals surface area contributed by atoms with Crippen LogP contribution >= 0.6 is 11.6 Å². The van der Waals surface area contributed by atoms with E-state index in [1.807, 2.05) is 0 Å². The average Bonchev–Trinajstić information content (AvgIpc) is 2.49. The number of piperazine rings is 1. The highest BCUT2D eigenvalue weighted by Crippen LogP contribution is 2.42. The molecule has 0 aliphatic carbocycles. The Balaban J connectivity index is 2.42. The normalized spacial score (nSPS) is 19.6. The van der Waals surface area contributed by atoms with Crippen molar-refractivity contribution in [3.8, 4) is 0 Å². The fraction of sp³-hybridized carbons (Fsp3) is 0.647. The predicted molar refractivity (Wildman–Crippen MR) is 87.7 cm³/mol. The lowest BCUT2D eigenvalue weighted by atomic mass is 9.88. The molecule has 0 radical (unpaired) electrons. The van der Waals surface area contributed by atoms with E-state index in [0.717, 1.165) is 45.1 Å². The van der Waals surface area contributed by atoms with Gasteiger partial charge in [-0.2, -0.15) is 13.2 Å². The quantitative estimate of drug-likeness (QED) is 0.826. The van der Waals surface area contributed by atoms with Crippen LogP contribution in [0.3, 0.4) is 0 Å². The maximum absolute atomic E-state index is 13.2. The molecule has 1 heterocycles. The Bertz CT molecular complexity index is 513. The molecular weight excluding hydrogens is 325 g/mol. The Morgan fingerprint density at radius 3 is 2.48 bits per heavy atom. The Morgan fingerprint density at radius 1 is 1.26 bits per heavy atom. The van der Waals surface area contributed by atoms with Gasteiger partial charge in [0.05, 0.1) is 10.6 Å². The van der Waals surface area contributed by atoms with Crippen molar-refractivity contribution >= 4 is 11.6 Å². The summed E-state index contributed by atoms with van der Waals surface area (Å²) in [5, 5.41) is 3.14. The first-order valence-corrected chi connectivity index (χ1v) is 8.54. The van der Waals surface area contributed by atoms with Gasteiger partial charge in [-0.1, -0.05) is 44.0 Å². The molecule has 1 saturated heterocycles. The SMILES string of the molecule is CCCC(C)[C@@H](c1cccc(C(F)(F)F)c1Cl)N1CCNCC1. The van der Waals surface area contributed by atoms with E-state index in [4.69, 9.17) is 11.6 Å². The Labute approximate surface area is 141 Å². The van der Waals surface area contributed by atoms with Gasteiger partial charge in [-0.05, 0) is 24.0 Å². The van der Waals surface area contributed by atoms with Crippen molar-refractivity contribution in [3.63, 3.8) is 0 Å². The largest absolute Gasteiger partial charge is 0.417 e. The second kappa shape index (κ2) is 7.86. The van der Waals surface area contributed by atoms with Crippen LogP contribution in [0.4, 0.5) is 13.2 Å². The molecule has 130 valence electrons. The molecule has 2 nitrogen and oxygen atoms in total. The Hall–Kier alpha value is -0.780. The summed E-state index contributed by atoms with van der Waals surface area (Å²) in [6, 6.07) is 4.20. The summed E-state index contributed by atoms with van der Waals surface area (Å²) in [6.07, 6.45) is -2.46. The summed E-state index contributed by atoms with van der Waals surface area (Å²) in [5.74, 6) is 0.249. The topological polar surface area (TPSA) is 15.3 Å². The zero-order valence-electron chi connectivity index (χ0n) is 13.6. The molecule has 0 saturated carbocycles. The van der Waals surface area contributed by atoms with E-state index in [1.54, 1.807) is 6.07 Å². The van der Waals surface area contributed by atoms with Crippen LogP contribution in [0.25, 0.3) is 0 Å². The van der Waals surface area contributed by atoms with E-state index in [-0.39, 0.29) is 17.0 Å². The van der Waals surface area contributed by atoms with Crippen molar-refractivity contribution in [1.82, 2.24) is 10.2 Å². The zero-order valence-corrected chi connectivity index (χ0v) is 14.3. The minimum absolute atomic E-state index is 0.0770. The number of hydrogen-bond acceptors (Lipinski definition) is 2. The molecule has 1 N–H and O–H groups in total. The molecule has 0 aromatic heterocycles. The summed E-state index contributed by atoms with van der Waals surface area (Å²) >= 11 is 6.19. The molecular formula is C17H24ClF3N2. The van der Waals surface area contributed by atoms with Crippen molar-refractivity contribution < 1.29 is 13.2 Å². The van der Waals surface area contributed by atoms with Crippen molar-refractivity contribution in [1.29, 1.82) is 0 Å². The molecule has 2 rings (SSSR count). The molecule has 1 aliphatic heterocycles. The lowest BCUT2D eigenvalue weighted by Crippen LogP contribution is -2.46. The Morgan fingerprint density at radius 2 is 1.91 bits per heavy atom. The second-order valence-electron chi connectivity index (χ2n) is 6.20. The van der Waals surface area contributed by atoms with Crippen LogP contribution < -0.4 is 5.32 Å². The molecule has 0 amide bonds. The number of hydrogen-bond donors (Lipinski definition) is 1. The van der Waals surface area contributed by atoms with Crippen molar-refractivity contribution in [3.05, 3.63) is 34.3 Å². The predicted octanol–water partition coefficient (Wildman–Crippen LogP) is 4.74. The molecule has 23 heavy (non-hydrogen) atoms. The van der Waals surface area contributed by atoms with Gasteiger partial charge >= 0.3 is 6.18 Å².